The Labute approximate surface area is 245 Å². The molecule has 3 aromatic rings. The molecule has 1 saturated carbocycles. The molecule has 4 rings (SSSR count). The average Bonchev–Trinajstić information content (AvgIpc) is 3.43. The van der Waals surface area contributed by atoms with Crippen molar-refractivity contribution < 1.29 is 18.7 Å². The number of amides is 2. The molecule has 2 amide bonds. The summed E-state index contributed by atoms with van der Waals surface area (Å²) in [5, 5.41) is 3.16. The van der Waals surface area contributed by atoms with Crippen molar-refractivity contribution in [2.45, 2.75) is 76.9 Å². The summed E-state index contributed by atoms with van der Waals surface area (Å²) >= 11 is 3.57. The first-order chi connectivity index (χ1) is 19.1. The molecule has 1 atom stereocenters. The second kappa shape index (κ2) is 13.4. The summed E-state index contributed by atoms with van der Waals surface area (Å²) in [7, 11) is 0. The van der Waals surface area contributed by atoms with E-state index in [0.29, 0.717) is 17.7 Å². The number of hydrogen-bond donors (Lipinski definition) is 1. The first-order valence-electron chi connectivity index (χ1n) is 13.9. The Balaban J connectivity index is 1.62. The maximum atomic E-state index is 14.8. The van der Waals surface area contributed by atoms with E-state index in [9.17, 15) is 14.0 Å². The number of benzene rings is 3. The SMILES string of the molecule is CC(C)(C)c1ccc(OCC(=O)N(Cc2ccccc2F)C(Cc2ccccc2)C(=O)NC2CCCC2)c(Br)c1. The van der Waals surface area contributed by atoms with E-state index in [2.05, 4.69) is 42.0 Å². The van der Waals surface area contributed by atoms with Gasteiger partial charge in [-0.3, -0.25) is 9.59 Å². The zero-order valence-electron chi connectivity index (χ0n) is 23.5. The number of carbonyl (C=O) groups excluding carboxylic acids is 2. The molecule has 7 heteroatoms. The van der Waals surface area contributed by atoms with E-state index in [-0.39, 0.29) is 30.5 Å². The molecule has 1 N–H and O–H groups in total. The fraction of sp³-hybridized carbons (Fsp3) is 0.394. The Bertz CT molecular complexity index is 1300. The predicted molar refractivity (Wildman–Crippen MR) is 160 cm³/mol. The van der Waals surface area contributed by atoms with Crippen LogP contribution in [0, 0.1) is 5.82 Å². The molecule has 1 fully saturated rings. The van der Waals surface area contributed by atoms with E-state index in [1.54, 1.807) is 18.2 Å². The minimum absolute atomic E-state index is 0.0369. The van der Waals surface area contributed by atoms with E-state index in [4.69, 9.17) is 4.74 Å². The van der Waals surface area contributed by atoms with Crippen molar-refractivity contribution in [3.05, 3.63) is 99.8 Å². The predicted octanol–water partition coefficient (Wildman–Crippen LogP) is 6.96. The molecule has 1 unspecified atom stereocenters. The van der Waals surface area contributed by atoms with E-state index >= 15 is 0 Å². The third-order valence-electron chi connectivity index (χ3n) is 7.42. The van der Waals surface area contributed by atoms with Crippen LogP contribution in [0.4, 0.5) is 4.39 Å². The first kappa shape index (κ1) is 29.8. The topological polar surface area (TPSA) is 58.6 Å². The average molecular weight is 610 g/mol. The van der Waals surface area contributed by atoms with Gasteiger partial charge in [0, 0.05) is 24.6 Å². The van der Waals surface area contributed by atoms with Crippen molar-refractivity contribution in [3.8, 4) is 5.75 Å². The normalized spacial score (nSPS) is 14.5. The van der Waals surface area contributed by atoms with Gasteiger partial charge >= 0.3 is 0 Å². The molecular formula is C33H38BrFN2O3. The van der Waals surface area contributed by atoms with E-state index in [1.165, 1.54) is 11.0 Å². The monoisotopic (exact) mass is 608 g/mol. The third-order valence-corrected chi connectivity index (χ3v) is 8.04. The Kier molecular flexibility index (Phi) is 10.0. The van der Waals surface area contributed by atoms with Crippen molar-refractivity contribution in [3.63, 3.8) is 0 Å². The number of rotatable bonds is 10. The highest BCUT2D eigenvalue weighted by Crippen LogP contribution is 2.31. The largest absolute Gasteiger partial charge is 0.483 e. The van der Waals surface area contributed by atoms with Crippen LogP contribution >= 0.6 is 15.9 Å². The summed E-state index contributed by atoms with van der Waals surface area (Å²) in [4.78, 5) is 29.0. The second-order valence-corrected chi connectivity index (χ2v) is 12.3. The number of halogens is 2. The highest BCUT2D eigenvalue weighted by Gasteiger charge is 2.33. The van der Waals surface area contributed by atoms with Crippen molar-refractivity contribution >= 4 is 27.7 Å². The molecule has 0 bridgehead atoms. The fourth-order valence-corrected chi connectivity index (χ4v) is 5.53. The highest BCUT2D eigenvalue weighted by atomic mass is 79.9. The first-order valence-corrected chi connectivity index (χ1v) is 14.7. The van der Waals surface area contributed by atoms with Crippen LogP contribution in [0.2, 0.25) is 0 Å². The van der Waals surface area contributed by atoms with Crippen LogP contribution in [-0.2, 0) is 28.0 Å². The van der Waals surface area contributed by atoms with Crippen LogP contribution in [0.1, 0.15) is 63.1 Å². The quantitative estimate of drug-likeness (QED) is 0.270. The molecule has 5 nitrogen and oxygen atoms in total. The van der Waals surface area contributed by atoms with E-state index in [0.717, 1.165) is 41.3 Å². The summed E-state index contributed by atoms with van der Waals surface area (Å²) in [6, 6.07) is 21.0. The lowest BCUT2D eigenvalue weighted by Gasteiger charge is -2.32. The van der Waals surface area contributed by atoms with Crippen molar-refractivity contribution in [2.24, 2.45) is 0 Å². The lowest BCUT2D eigenvalue weighted by Crippen LogP contribution is -2.53. The molecule has 0 aliphatic heterocycles. The Hall–Kier alpha value is -3.19. The molecule has 212 valence electrons. The van der Waals surface area contributed by atoms with Crippen LogP contribution in [0.3, 0.4) is 0 Å². The zero-order valence-corrected chi connectivity index (χ0v) is 25.0. The number of carbonyl (C=O) groups is 2. The van der Waals surface area contributed by atoms with Crippen LogP contribution in [0.5, 0.6) is 5.75 Å². The van der Waals surface area contributed by atoms with Gasteiger partial charge in [-0.15, -0.1) is 0 Å². The minimum Gasteiger partial charge on any atom is -0.483 e. The Morgan fingerprint density at radius 2 is 1.70 bits per heavy atom. The van der Waals surface area contributed by atoms with Gasteiger partial charge in [-0.25, -0.2) is 4.39 Å². The van der Waals surface area contributed by atoms with Gasteiger partial charge in [-0.2, -0.15) is 0 Å². The van der Waals surface area contributed by atoms with Crippen LogP contribution in [-0.4, -0.2) is 35.4 Å². The van der Waals surface area contributed by atoms with Gasteiger partial charge in [0.05, 0.1) is 4.47 Å². The van der Waals surface area contributed by atoms with E-state index in [1.807, 2.05) is 48.5 Å². The van der Waals surface area contributed by atoms with Crippen LogP contribution in [0.25, 0.3) is 0 Å². The molecule has 0 heterocycles. The van der Waals surface area contributed by atoms with Gasteiger partial charge in [0.2, 0.25) is 5.91 Å². The van der Waals surface area contributed by atoms with Crippen molar-refractivity contribution in [1.29, 1.82) is 0 Å². The van der Waals surface area contributed by atoms with E-state index < -0.39 is 17.8 Å². The minimum atomic E-state index is -0.828. The van der Waals surface area contributed by atoms with Crippen LogP contribution < -0.4 is 10.1 Å². The molecule has 0 spiro atoms. The Morgan fingerprint density at radius 3 is 2.35 bits per heavy atom. The summed E-state index contributed by atoms with van der Waals surface area (Å²) in [5.74, 6) is -0.507. The smallest absolute Gasteiger partial charge is 0.261 e. The second-order valence-electron chi connectivity index (χ2n) is 11.5. The third kappa shape index (κ3) is 7.94. The lowest BCUT2D eigenvalue weighted by molar-refractivity contribution is -0.143. The standard InChI is InChI=1S/C33H38BrFN2O3/c1-33(2,3)25-17-18-30(27(34)20-25)40-22-31(38)37(21-24-13-7-10-16-28(24)35)29(19-23-11-5-4-6-12-23)32(39)36-26-14-8-9-15-26/h4-7,10-13,16-18,20,26,29H,8-9,14-15,19,21-22H2,1-3H3,(H,36,39). The molecular weight excluding hydrogens is 571 g/mol. The van der Waals surface area contributed by atoms with Gasteiger partial charge in [-0.05, 0) is 63.5 Å². The summed E-state index contributed by atoms with van der Waals surface area (Å²) < 4.78 is 21.5. The number of ether oxygens (including phenoxy) is 1. The lowest BCUT2D eigenvalue weighted by atomic mass is 9.87. The van der Waals surface area contributed by atoms with Crippen molar-refractivity contribution in [2.75, 3.05) is 6.61 Å². The maximum Gasteiger partial charge on any atom is 0.261 e. The van der Waals surface area contributed by atoms with Crippen molar-refractivity contribution in [1.82, 2.24) is 10.2 Å². The highest BCUT2D eigenvalue weighted by molar-refractivity contribution is 9.10. The Morgan fingerprint density at radius 1 is 1.02 bits per heavy atom. The summed E-state index contributed by atoms with van der Waals surface area (Å²) in [6.45, 7) is 6.05. The number of hydrogen-bond acceptors (Lipinski definition) is 3. The summed E-state index contributed by atoms with van der Waals surface area (Å²) in [6.07, 6.45) is 4.30. The molecule has 40 heavy (non-hydrogen) atoms. The van der Waals surface area contributed by atoms with Gasteiger partial charge in [-0.1, -0.05) is 88.2 Å². The van der Waals surface area contributed by atoms with Crippen LogP contribution in [0.15, 0.2) is 77.3 Å². The zero-order chi connectivity index (χ0) is 28.7. The summed E-state index contributed by atoms with van der Waals surface area (Å²) in [5.41, 5.74) is 2.36. The molecule has 1 aliphatic carbocycles. The fourth-order valence-electron chi connectivity index (χ4n) is 5.04. The van der Waals surface area contributed by atoms with Gasteiger partial charge < -0.3 is 15.0 Å². The molecule has 3 aromatic carbocycles. The maximum absolute atomic E-state index is 14.8. The molecule has 0 radical (unpaired) electrons. The van der Waals surface area contributed by atoms with Gasteiger partial charge in [0.25, 0.3) is 5.91 Å². The molecule has 0 aromatic heterocycles. The molecule has 1 aliphatic rings. The number of nitrogens with one attached hydrogen (secondary N) is 1. The number of nitrogens with zero attached hydrogens (tertiary/aromatic N) is 1. The molecule has 0 saturated heterocycles. The van der Waals surface area contributed by atoms with Gasteiger partial charge in [0.1, 0.15) is 17.6 Å². The van der Waals surface area contributed by atoms with Gasteiger partial charge in [0.15, 0.2) is 6.61 Å².